The molecular weight excluding hydrogens is 338 g/mol. The van der Waals surface area contributed by atoms with Gasteiger partial charge >= 0.3 is 0 Å². The van der Waals surface area contributed by atoms with Gasteiger partial charge in [-0.2, -0.15) is 0 Å². The third-order valence-electron chi connectivity index (χ3n) is 4.68. The van der Waals surface area contributed by atoms with Crippen molar-refractivity contribution in [2.45, 2.75) is 65.2 Å². The van der Waals surface area contributed by atoms with E-state index < -0.39 is 0 Å². The minimum atomic E-state index is 0.0492. The quantitative estimate of drug-likeness (QED) is 0.482. The lowest BCUT2D eigenvalue weighted by atomic mass is 10.2. The monoisotopic (exact) mass is 373 g/mol. The zero-order valence-corrected chi connectivity index (χ0v) is 17.2. The summed E-state index contributed by atoms with van der Waals surface area (Å²) >= 11 is 0. The van der Waals surface area contributed by atoms with Crippen LogP contribution in [0.25, 0.3) is 0 Å². The molecule has 1 aromatic carbocycles. The molecule has 1 aliphatic rings. The standard InChI is InChI=1S/C21H35N5O/c1-5-22-21(23-12-11-20(27)24-16(2)3)25-19-13-17(4)26(15-19)14-18-9-7-6-8-10-18/h6-10,16-17,19H,5,11-15H2,1-4H3,(H,24,27)(H2,22,23,25). The first-order chi connectivity index (χ1) is 13.0. The smallest absolute Gasteiger partial charge is 0.222 e. The minimum Gasteiger partial charge on any atom is -0.357 e. The highest BCUT2D eigenvalue weighted by Gasteiger charge is 2.29. The van der Waals surface area contributed by atoms with Gasteiger partial charge in [0.05, 0.1) is 6.54 Å². The van der Waals surface area contributed by atoms with Gasteiger partial charge in [0.1, 0.15) is 0 Å². The van der Waals surface area contributed by atoms with Crippen LogP contribution in [0.5, 0.6) is 0 Å². The molecule has 1 aromatic rings. The number of amides is 1. The zero-order valence-electron chi connectivity index (χ0n) is 17.2. The van der Waals surface area contributed by atoms with Crippen molar-refractivity contribution in [1.29, 1.82) is 0 Å². The van der Waals surface area contributed by atoms with E-state index in [1.54, 1.807) is 0 Å². The Balaban J connectivity index is 1.84. The van der Waals surface area contributed by atoms with Crippen molar-refractivity contribution in [2.75, 3.05) is 19.6 Å². The molecule has 2 atom stereocenters. The molecule has 0 spiro atoms. The Bertz CT molecular complexity index is 602. The zero-order chi connectivity index (χ0) is 19.6. The van der Waals surface area contributed by atoms with Crippen LogP contribution in [-0.4, -0.2) is 54.5 Å². The molecule has 0 aromatic heterocycles. The van der Waals surface area contributed by atoms with E-state index in [-0.39, 0.29) is 11.9 Å². The Morgan fingerprint density at radius 2 is 2.04 bits per heavy atom. The Labute approximate surface area is 163 Å². The van der Waals surface area contributed by atoms with E-state index >= 15 is 0 Å². The lowest BCUT2D eigenvalue weighted by Gasteiger charge is -2.21. The van der Waals surface area contributed by atoms with Gasteiger partial charge in [0.25, 0.3) is 0 Å². The van der Waals surface area contributed by atoms with Crippen LogP contribution in [0.4, 0.5) is 0 Å². The van der Waals surface area contributed by atoms with Crippen molar-refractivity contribution in [3.05, 3.63) is 35.9 Å². The van der Waals surface area contributed by atoms with Crippen molar-refractivity contribution in [3.8, 4) is 0 Å². The summed E-state index contributed by atoms with van der Waals surface area (Å²) in [5, 5.41) is 9.74. The van der Waals surface area contributed by atoms with Gasteiger partial charge in [-0.15, -0.1) is 0 Å². The molecule has 6 nitrogen and oxygen atoms in total. The van der Waals surface area contributed by atoms with Crippen molar-refractivity contribution >= 4 is 11.9 Å². The van der Waals surface area contributed by atoms with E-state index in [2.05, 4.69) is 70.0 Å². The second-order valence-electron chi connectivity index (χ2n) is 7.57. The molecule has 6 heteroatoms. The predicted octanol–water partition coefficient (Wildman–Crippen LogP) is 2.12. The van der Waals surface area contributed by atoms with Crippen LogP contribution in [0, 0.1) is 0 Å². The number of benzene rings is 1. The highest BCUT2D eigenvalue weighted by molar-refractivity contribution is 5.81. The van der Waals surface area contributed by atoms with Crippen LogP contribution in [0.1, 0.15) is 46.1 Å². The highest BCUT2D eigenvalue weighted by atomic mass is 16.1. The summed E-state index contributed by atoms with van der Waals surface area (Å²) in [6.45, 7) is 11.5. The maximum atomic E-state index is 11.8. The fourth-order valence-electron chi connectivity index (χ4n) is 3.42. The Morgan fingerprint density at radius 3 is 2.70 bits per heavy atom. The molecule has 1 amide bonds. The molecule has 1 aliphatic heterocycles. The molecular formula is C21H35N5O. The number of rotatable bonds is 8. The lowest BCUT2D eigenvalue weighted by Crippen LogP contribution is -2.44. The van der Waals surface area contributed by atoms with Gasteiger partial charge in [-0.05, 0) is 39.7 Å². The van der Waals surface area contributed by atoms with Crippen LogP contribution < -0.4 is 16.0 Å². The molecule has 2 rings (SSSR count). The van der Waals surface area contributed by atoms with Gasteiger partial charge in [-0.1, -0.05) is 30.3 Å². The maximum absolute atomic E-state index is 11.8. The summed E-state index contributed by atoms with van der Waals surface area (Å²) < 4.78 is 0. The third kappa shape index (κ3) is 7.59. The molecule has 1 heterocycles. The van der Waals surface area contributed by atoms with Gasteiger partial charge in [0, 0.05) is 44.2 Å². The van der Waals surface area contributed by atoms with Gasteiger partial charge in [0.15, 0.2) is 5.96 Å². The highest BCUT2D eigenvalue weighted by Crippen LogP contribution is 2.20. The van der Waals surface area contributed by atoms with Crippen LogP contribution in [0.3, 0.4) is 0 Å². The molecule has 0 radical (unpaired) electrons. The van der Waals surface area contributed by atoms with Gasteiger partial charge in [-0.3, -0.25) is 14.7 Å². The molecule has 0 aliphatic carbocycles. The largest absolute Gasteiger partial charge is 0.357 e. The number of aliphatic imine (C=N–C) groups is 1. The van der Waals surface area contributed by atoms with E-state index in [0.717, 1.165) is 32.0 Å². The average molecular weight is 374 g/mol. The molecule has 150 valence electrons. The SMILES string of the molecule is CCNC(=NCCC(=O)NC(C)C)NC1CC(C)N(Cc2ccccc2)C1. The molecule has 2 unspecified atom stereocenters. The topological polar surface area (TPSA) is 68.8 Å². The molecule has 3 N–H and O–H groups in total. The van der Waals surface area contributed by atoms with Gasteiger partial charge in [-0.25, -0.2) is 0 Å². The van der Waals surface area contributed by atoms with Crippen molar-refractivity contribution < 1.29 is 4.79 Å². The Kier molecular flexibility index (Phi) is 8.58. The van der Waals surface area contributed by atoms with Crippen LogP contribution in [0.2, 0.25) is 0 Å². The van der Waals surface area contributed by atoms with Crippen LogP contribution in [0.15, 0.2) is 35.3 Å². The number of nitrogens with one attached hydrogen (secondary N) is 3. The molecule has 1 saturated heterocycles. The van der Waals surface area contributed by atoms with E-state index in [0.29, 0.717) is 25.0 Å². The normalized spacial score (nSPS) is 20.7. The number of likely N-dealkylation sites (tertiary alicyclic amines) is 1. The predicted molar refractivity (Wildman–Crippen MR) is 112 cm³/mol. The average Bonchev–Trinajstić information content (AvgIpc) is 2.94. The Hall–Kier alpha value is -2.08. The van der Waals surface area contributed by atoms with Crippen molar-refractivity contribution in [3.63, 3.8) is 0 Å². The minimum absolute atomic E-state index is 0.0492. The van der Waals surface area contributed by atoms with Crippen LogP contribution in [-0.2, 0) is 11.3 Å². The van der Waals surface area contributed by atoms with Crippen molar-refractivity contribution in [2.24, 2.45) is 4.99 Å². The summed E-state index contributed by atoms with van der Waals surface area (Å²) in [6.07, 6.45) is 1.50. The number of guanidine groups is 1. The fraction of sp³-hybridized carbons (Fsp3) is 0.619. The third-order valence-corrected chi connectivity index (χ3v) is 4.68. The first-order valence-corrected chi connectivity index (χ1v) is 10.1. The molecule has 27 heavy (non-hydrogen) atoms. The van der Waals surface area contributed by atoms with Gasteiger partial charge in [0.2, 0.25) is 5.91 Å². The maximum Gasteiger partial charge on any atom is 0.222 e. The van der Waals surface area contributed by atoms with E-state index in [1.807, 2.05) is 13.8 Å². The second kappa shape index (κ2) is 10.9. The first-order valence-electron chi connectivity index (χ1n) is 10.1. The molecule has 1 fully saturated rings. The van der Waals surface area contributed by atoms with E-state index in [9.17, 15) is 4.79 Å². The summed E-state index contributed by atoms with van der Waals surface area (Å²) in [6, 6.07) is 11.7. The van der Waals surface area contributed by atoms with Gasteiger partial charge < -0.3 is 16.0 Å². The van der Waals surface area contributed by atoms with E-state index in [1.165, 1.54) is 5.56 Å². The molecule has 0 bridgehead atoms. The summed E-state index contributed by atoms with van der Waals surface area (Å²) in [4.78, 5) is 18.8. The number of hydrogen-bond acceptors (Lipinski definition) is 3. The number of carbonyl (C=O) groups excluding carboxylic acids is 1. The second-order valence-corrected chi connectivity index (χ2v) is 7.57. The number of nitrogens with zero attached hydrogens (tertiary/aromatic N) is 2. The summed E-state index contributed by atoms with van der Waals surface area (Å²) in [5.74, 6) is 0.849. The van der Waals surface area contributed by atoms with Crippen LogP contribution >= 0.6 is 0 Å². The summed E-state index contributed by atoms with van der Waals surface area (Å²) in [7, 11) is 0. The fourth-order valence-corrected chi connectivity index (χ4v) is 3.42. The van der Waals surface area contributed by atoms with E-state index in [4.69, 9.17) is 0 Å². The first kappa shape index (κ1) is 21.2. The lowest BCUT2D eigenvalue weighted by molar-refractivity contribution is -0.121. The van der Waals surface area contributed by atoms with Crippen molar-refractivity contribution in [1.82, 2.24) is 20.9 Å². The number of carbonyl (C=O) groups is 1. The number of hydrogen-bond donors (Lipinski definition) is 3. The molecule has 0 saturated carbocycles. The summed E-state index contributed by atoms with van der Waals surface area (Å²) in [5.41, 5.74) is 1.35. The Morgan fingerprint density at radius 1 is 1.30 bits per heavy atom.